The summed E-state index contributed by atoms with van der Waals surface area (Å²) in [5, 5.41) is 4.03. The first kappa shape index (κ1) is 33.3. The van der Waals surface area contributed by atoms with Gasteiger partial charge in [-0.25, -0.2) is 22.0 Å². The molecule has 0 aliphatic heterocycles. The van der Waals surface area contributed by atoms with Crippen LogP contribution in [0.5, 0.6) is 0 Å². The van der Waals surface area contributed by atoms with Crippen LogP contribution in [0.3, 0.4) is 0 Å². The van der Waals surface area contributed by atoms with Crippen molar-refractivity contribution in [2.24, 2.45) is 0 Å². The Morgan fingerprint density at radius 3 is 1.42 bits per heavy atom. The van der Waals surface area contributed by atoms with Crippen LogP contribution in [0.4, 0.5) is 39.0 Å². The van der Waals surface area contributed by atoms with Crippen molar-refractivity contribution in [3.63, 3.8) is 0 Å². The second-order valence-electron chi connectivity index (χ2n) is 13.8. The predicted molar refractivity (Wildman–Crippen MR) is 224 cm³/mol. The lowest BCUT2D eigenvalue weighted by Gasteiger charge is -2.25. The Kier molecular flexibility index (Phi) is 8.50. The maximum atomic E-state index is 16.7. The summed E-state index contributed by atoms with van der Waals surface area (Å²) in [5.41, 5.74) is 2.63. The molecule has 0 radical (unpaired) electrons. The maximum absolute atomic E-state index is 16.7. The SMILES string of the molecule is [2H]/C(=C(/[2H])c1c(F)c(F)c(-c2c3ccccc3c(-c3ccc(C)c4ccccc34)c3ccccc23)c(F)c1F)c1ccc(N(c2ccccc2)c2ccc(F)cc2)cc1. The zero-order valence-corrected chi connectivity index (χ0v) is 30.4. The average molecular weight is 756 g/mol. The van der Waals surface area contributed by atoms with Crippen LogP contribution in [0.1, 0.15) is 19.4 Å². The van der Waals surface area contributed by atoms with Crippen LogP contribution in [0.15, 0.2) is 164 Å². The summed E-state index contributed by atoms with van der Waals surface area (Å²) in [5.74, 6) is -7.31. The molecule has 57 heavy (non-hydrogen) atoms. The zero-order chi connectivity index (χ0) is 40.9. The third-order valence-electron chi connectivity index (χ3n) is 10.4. The fraction of sp³-hybridized carbons (Fsp3) is 0.0196. The van der Waals surface area contributed by atoms with E-state index in [1.165, 1.54) is 24.3 Å². The van der Waals surface area contributed by atoms with E-state index in [1.807, 2.05) is 90.7 Å². The molecule has 0 saturated carbocycles. The molecule has 0 aliphatic rings. The molecule has 276 valence electrons. The number of rotatable bonds is 7. The van der Waals surface area contributed by atoms with Gasteiger partial charge in [-0.15, -0.1) is 0 Å². The summed E-state index contributed by atoms with van der Waals surface area (Å²) in [4.78, 5) is 1.84. The number of hydrogen-bond acceptors (Lipinski definition) is 1. The number of aryl methyl sites for hydroxylation is 1. The minimum atomic E-state index is -1.78. The van der Waals surface area contributed by atoms with Crippen LogP contribution < -0.4 is 4.90 Å². The lowest BCUT2D eigenvalue weighted by atomic mass is 9.84. The molecule has 0 bridgehead atoms. The Labute approximate surface area is 329 Å². The molecule has 9 rings (SSSR count). The number of anilines is 3. The van der Waals surface area contributed by atoms with E-state index < -0.39 is 52.3 Å². The first-order valence-corrected chi connectivity index (χ1v) is 18.3. The molecule has 0 amide bonds. The summed E-state index contributed by atoms with van der Waals surface area (Å²) in [7, 11) is 0. The van der Waals surface area contributed by atoms with Gasteiger partial charge < -0.3 is 4.90 Å². The molecule has 9 aromatic rings. The summed E-state index contributed by atoms with van der Waals surface area (Å²) >= 11 is 0. The third kappa shape index (κ3) is 6.20. The number of fused-ring (bicyclic) bond motifs is 3. The minimum Gasteiger partial charge on any atom is -0.311 e. The zero-order valence-electron chi connectivity index (χ0n) is 32.4. The second kappa shape index (κ2) is 14.5. The van der Waals surface area contributed by atoms with Crippen molar-refractivity contribution < 1.29 is 24.7 Å². The van der Waals surface area contributed by atoms with Crippen LogP contribution in [0, 0.1) is 36.0 Å². The molecule has 0 fully saturated rings. The van der Waals surface area contributed by atoms with E-state index in [0.29, 0.717) is 32.9 Å². The Morgan fingerprint density at radius 2 is 0.860 bits per heavy atom. The van der Waals surface area contributed by atoms with Gasteiger partial charge in [0.2, 0.25) is 0 Å². The van der Waals surface area contributed by atoms with Gasteiger partial charge in [-0.3, -0.25) is 0 Å². The Morgan fingerprint density at radius 1 is 0.404 bits per heavy atom. The topological polar surface area (TPSA) is 3.24 Å². The van der Waals surface area contributed by atoms with E-state index in [4.69, 9.17) is 2.74 Å². The smallest absolute Gasteiger partial charge is 0.170 e. The molecular formula is C51H32F5N. The number of para-hydroxylation sites is 1. The molecule has 6 heteroatoms. The van der Waals surface area contributed by atoms with Gasteiger partial charge in [0, 0.05) is 22.6 Å². The molecular weight excluding hydrogens is 722 g/mol. The predicted octanol–water partition coefficient (Wildman–Crippen LogP) is 15.1. The van der Waals surface area contributed by atoms with Crippen molar-refractivity contribution in [1.29, 1.82) is 0 Å². The fourth-order valence-electron chi connectivity index (χ4n) is 7.76. The van der Waals surface area contributed by atoms with E-state index in [-0.39, 0.29) is 11.1 Å². The second-order valence-corrected chi connectivity index (χ2v) is 13.8. The molecule has 0 spiro atoms. The van der Waals surface area contributed by atoms with Gasteiger partial charge in [0.05, 0.1) is 13.9 Å². The van der Waals surface area contributed by atoms with Gasteiger partial charge >= 0.3 is 0 Å². The van der Waals surface area contributed by atoms with Crippen LogP contribution in [-0.4, -0.2) is 0 Å². The highest BCUT2D eigenvalue weighted by molar-refractivity contribution is 6.23. The molecule has 0 N–H and O–H groups in total. The monoisotopic (exact) mass is 755 g/mol. The van der Waals surface area contributed by atoms with E-state index in [9.17, 15) is 4.39 Å². The molecule has 0 unspecified atom stereocenters. The Balaban J connectivity index is 1.18. The molecule has 0 aliphatic carbocycles. The molecule has 0 atom stereocenters. The number of benzene rings is 9. The van der Waals surface area contributed by atoms with Crippen LogP contribution in [-0.2, 0) is 0 Å². The molecule has 0 heterocycles. The van der Waals surface area contributed by atoms with E-state index >= 15 is 17.6 Å². The van der Waals surface area contributed by atoms with Gasteiger partial charge in [0.15, 0.2) is 23.3 Å². The summed E-state index contributed by atoms with van der Waals surface area (Å²) in [6.07, 6.45) is 0. The summed E-state index contributed by atoms with van der Waals surface area (Å²) < 4.78 is 97.4. The van der Waals surface area contributed by atoms with Gasteiger partial charge in [-0.1, -0.05) is 121 Å². The highest BCUT2D eigenvalue weighted by Gasteiger charge is 2.29. The lowest BCUT2D eigenvalue weighted by Crippen LogP contribution is -2.09. The lowest BCUT2D eigenvalue weighted by molar-refractivity contribution is 0.456. The Bertz CT molecular complexity index is 3040. The summed E-state index contributed by atoms with van der Waals surface area (Å²) in [6.45, 7) is 2.03. The Hall–Kier alpha value is -7.05. The van der Waals surface area contributed by atoms with Crippen molar-refractivity contribution >= 4 is 61.5 Å². The largest absolute Gasteiger partial charge is 0.311 e. The van der Waals surface area contributed by atoms with Gasteiger partial charge in [0.1, 0.15) is 5.82 Å². The number of halogens is 5. The summed E-state index contributed by atoms with van der Waals surface area (Å²) in [6, 6.07) is 45.7. The number of nitrogens with zero attached hydrogens (tertiary/aromatic N) is 1. The van der Waals surface area contributed by atoms with Gasteiger partial charge in [0.25, 0.3) is 0 Å². The standard InChI is InChI=1S/C51H32F5N/c1-31-19-29-43(38-14-6-5-13-37(31)38)45-39-15-7-9-17-41(39)46(42-18-10-8-16-40(42)45)47-50(55)48(53)44(49(54)51(47)56)30-22-32-20-25-35(26-21-32)57(34-11-3-2-4-12-34)36-27-23-33(52)24-28-36/h2-30H,1H3/b30-22+/i22D,30D. The highest BCUT2D eigenvalue weighted by atomic mass is 19.2. The molecule has 9 aromatic carbocycles. The third-order valence-corrected chi connectivity index (χ3v) is 10.4. The van der Waals surface area contributed by atoms with Crippen molar-refractivity contribution in [2.75, 3.05) is 4.90 Å². The van der Waals surface area contributed by atoms with Crippen LogP contribution >= 0.6 is 0 Å². The van der Waals surface area contributed by atoms with Gasteiger partial charge in [-0.05, 0) is 116 Å². The quantitative estimate of drug-likeness (QED) is 0.0678. The van der Waals surface area contributed by atoms with Crippen molar-refractivity contribution in [3.05, 3.63) is 210 Å². The fourth-order valence-corrected chi connectivity index (χ4v) is 7.76. The van der Waals surface area contributed by atoms with E-state index in [1.54, 1.807) is 60.7 Å². The first-order valence-electron chi connectivity index (χ1n) is 19.3. The van der Waals surface area contributed by atoms with Crippen molar-refractivity contribution in [3.8, 4) is 22.3 Å². The highest BCUT2D eigenvalue weighted by Crippen LogP contribution is 2.47. The maximum Gasteiger partial charge on any atom is 0.170 e. The van der Waals surface area contributed by atoms with Crippen LogP contribution in [0.2, 0.25) is 0 Å². The molecule has 0 saturated heterocycles. The van der Waals surface area contributed by atoms with Gasteiger partial charge in [-0.2, -0.15) is 0 Å². The van der Waals surface area contributed by atoms with E-state index in [0.717, 1.165) is 33.2 Å². The van der Waals surface area contributed by atoms with Crippen molar-refractivity contribution in [1.82, 2.24) is 0 Å². The first-order chi connectivity index (χ1) is 28.6. The normalized spacial score (nSPS) is 12.5. The average Bonchev–Trinajstić information content (AvgIpc) is 3.27. The van der Waals surface area contributed by atoms with Crippen LogP contribution in [0.25, 0.3) is 66.7 Å². The molecule has 1 nitrogen and oxygen atoms in total. The number of hydrogen-bond donors (Lipinski definition) is 0. The van der Waals surface area contributed by atoms with E-state index in [2.05, 4.69) is 0 Å². The van der Waals surface area contributed by atoms with Crippen molar-refractivity contribution in [2.45, 2.75) is 6.92 Å². The molecule has 0 aromatic heterocycles. The minimum absolute atomic E-state index is 0.0305.